The first kappa shape index (κ1) is 9.05. The molecule has 0 aromatic carbocycles. The van der Waals surface area contributed by atoms with Crippen LogP contribution >= 0.6 is 0 Å². The third-order valence-corrected chi connectivity index (χ3v) is 2.52. The lowest BCUT2D eigenvalue weighted by atomic mass is 10.1. The summed E-state index contributed by atoms with van der Waals surface area (Å²) < 4.78 is 0. The Hall–Kier alpha value is -1.52. The maximum Gasteiger partial charge on any atom is 0.346 e. The van der Waals surface area contributed by atoms with Gasteiger partial charge in [-0.3, -0.25) is 4.98 Å². The highest BCUT2D eigenvalue weighted by Gasteiger charge is 2.13. The van der Waals surface area contributed by atoms with Crippen molar-refractivity contribution >= 4 is 11.5 Å². The van der Waals surface area contributed by atoms with Gasteiger partial charge in [0.2, 0.25) is 0 Å². The lowest BCUT2D eigenvalue weighted by molar-refractivity contribution is 0.577. The molecule has 1 aromatic heterocycles. The molecule has 1 fully saturated rings. The highest BCUT2D eigenvalue weighted by Crippen LogP contribution is 2.21. The first-order valence-electron chi connectivity index (χ1n) is 4.87. The van der Waals surface area contributed by atoms with E-state index in [0.717, 1.165) is 18.8 Å². The van der Waals surface area contributed by atoms with Crippen LogP contribution in [0.4, 0.5) is 11.5 Å². The van der Waals surface area contributed by atoms with Crippen LogP contribution in [0.25, 0.3) is 0 Å². The Morgan fingerprint density at radius 2 is 2.07 bits per heavy atom. The summed E-state index contributed by atoms with van der Waals surface area (Å²) in [5, 5.41) is 0. The van der Waals surface area contributed by atoms with Gasteiger partial charge >= 0.3 is 5.69 Å². The average molecular weight is 194 g/mol. The van der Waals surface area contributed by atoms with Gasteiger partial charge in [-0.1, -0.05) is 0 Å². The van der Waals surface area contributed by atoms with E-state index in [1.54, 1.807) is 6.20 Å². The van der Waals surface area contributed by atoms with Crippen molar-refractivity contribution in [1.82, 2.24) is 9.97 Å². The fourth-order valence-electron chi connectivity index (χ4n) is 1.79. The van der Waals surface area contributed by atoms with E-state index in [-0.39, 0.29) is 5.69 Å². The maximum atomic E-state index is 10.9. The Bertz CT molecular complexity index is 367. The van der Waals surface area contributed by atoms with Crippen molar-refractivity contribution in [2.24, 2.45) is 0 Å². The molecular formula is C9H14N4O. The van der Waals surface area contributed by atoms with Crippen molar-refractivity contribution in [3.05, 3.63) is 16.7 Å². The first-order valence-corrected chi connectivity index (χ1v) is 4.87. The SMILES string of the molecule is Nc1[nH]c(=O)ncc1N1CCCCC1. The van der Waals surface area contributed by atoms with Crippen LogP contribution in [-0.4, -0.2) is 23.1 Å². The normalized spacial score (nSPS) is 17.0. The summed E-state index contributed by atoms with van der Waals surface area (Å²) in [5.74, 6) is 0.423. The van der Waals surface area contributed by atoms with Crippen LogP contribution in [-0.2, 0) is 0 Å². The lowest BCUT2D eigenvalue weighted by Crippen LogP contribution is -2.31. The molecule has 14 heavy (non-hydrogen) atoms. The Morgan fingerprint density at radius 1 is 1.36 bits per heavy atom. The number of aromatic amines is 1. The van der Waals surface area contributed by atoms with Crippen molar-refractivity contribution in [1.29, 1.82) is 0 Å². The van der Waals surface area contributed by atoms with Crippen LogP contribution in [0.5, 0.6) is 0 Å². The van der Waals surface area contributed by atoms with Crippen LogP contribution in [0.1, 0.15) is 19.3 Å². The van der Waals surface area contributed by atoms with E-state index >= 15 is 0 Å². The van der Waals surface area contributed by atoms with E-state index in [9.17, 15) is 4.79 Å². The summed E-state index contributed by atoms with van der Waals surface area (Å²) in [5.41, 5.74) is 6.18. The van der Waals surface area contributed by atoms with Gasteiger partial charge in [0.05, 0.1) is 11.9 Å². The van der Waals surface area contributed by atoms with Gasteiger partial charge in [0, 0.05) is 13.1 Å². The zero-order valence-corrected chi connectivity index (χ0v) is 7.99. The molecule has 0 aliphatic carbocycles. The third-order valence-electron chi connectivity index (χ3n) is 2.52. The van der Waals surface area contributed by atoms with Gasteiger partial charge in [-0.15, -0.1) is 0 Å². The van der Waals surface area contributed by atoms with Gasteiger partial charge in [-0.25, -0.2) is 4.79 Å². The zero-order valence-electron chi connectivity index (χ0n) is 7.99. The average Bonchev–Trinajstić information content (AvgIpc) is 2.19. The quantitative estimate of drug-likeness (QED) is 0.676. The van der Waals surface area contributed by atoms with Crippen LogP contribution in [0, 0.1) is 0 Å². The lowest BCUT2D eigenvalue weighted by Gasteiger charge is -2.28. The first-order chi connectivity index (χ1) is 6.77. The van der Waals surface area contributed by atoms with Crippen LogP contribution in [0.2, 0.25) is 0 Å². The second-order valence-electron chi connectivity index (χ2n) is 3.53. The van der Waals surface area contributed by atoms with Gasteiger partial charge in [0.25, 0.3) is 0 Å². The minimum absolute atomic E-state index is 0.386. The van der Waals surface area contributed by atoms with Crippen LogP contribution in [0.15, 0.2) is 11.0 Å². The number of hydrogen-bond donors (Lipinski definition) is 2. The number of hydrogen-bond acceptors (Lipinski definition) is 4. The summed E-state index contributed by atoms with van der Waals surface area (Å²) in [7, 11) is 0. The standard InChI is InChI=1S/C9H14N4O/c10-8-7(6-11-9(14)12-8)13-4-2-1-3-5-13/h6H,1-5H2,(H3,10,11,12,14). The fourth-order valence-corrected chi connectivity index (χ4v) is 1.79. The molecule has 0 saturated carbocycles. The number of nitrogens with zero attached hydrogens (tertiary/aromatic N) is 2. The summed E-state index contributed by atoms with van der Waals surface area (Å²) in [6.45, 7) is 2.00. The van der Waals surface area contributed by atoms with Gasteiger partial charge in [-0.05, 0) is 19.3 Å². The molecule has 0 amide bonds. The van der Waals surface area contributed by atoms with Gasteiger partial charge in [0.1, 0.15) is 5.82 Å². The molecule has 1 aliphatic heterocycles. The van der Waals surface area contributed by atoms with E-state index < -0.39 is 0 Å². The molecule has 0 unspecified atom stereocenters. The molecule has 2 rings (SSSR count). The van der Waals surface area contributed by atoms with Crippen molar-refractivity contribution in [2.45, 2.75) is 19.3 Å². The smallest absolute Gasteiger partial charge is 0.346 e. The Kier molecular flexibility index (Phi) is 2.39. The molecule has 2 heterocycles. The zero-order chi connectivity index (χ0) is 9.97. The third kappa shape index (κ3) is 1.71. The summed E-state index contributed by atoms with van der Waals surface area (Å²) in [6.07, 6.45) is 5.18. The molecule has 0 radical (unpaired) electrons. The summed E-state index contributed by atoms with van der Waals surface area (Å²) >= 11 is 0. The Morgan fingerprint density at radius 3 is 2.71 bits per heavy atom. The largest absolute Gasteiger partial charge is 0.383 e. The molecule has 1 saturated heterocycles. The summed E-state index contributed by atoms with van der Waals surface area (Å²) in [4.78, 5) is 19.2. The molecule has 5 heteroatoms. The van der Waals surface area contributed by atoms with E-state index in [1.807, 2.05) is 0 Å². The van der Waals surface area contributed by atoms with E-state index in [0.29, 0.717) is 5.82 Å². The second-order valence-corrected chi connectivity index (χ2v) is 3.53. The number of nitrogens with two attached hydrogens (primary N) is 1. The number of rotatable bonds is 1. The molecule has 3 N–H and O–H groups in total. The molecule has 76 valence electrons. The topological polar surface area (TPSA) is 75.0 Å². The maximum absolute atomic E-state index is 10.9. The number of aromatic nitrogens is 2. The highest BCUT2D eigenvalue weighted by molar-refractivity contribution is 5.61. The molecule has 5 nitrogen and oxygen atoms in total. The molecule has 0 atom stereocenters. The van der Waals surface area contributed by atoms with E-state index in [2.05, 4.69) is 14.9 Å². The monoisotopic (exact) mass is 194 g/mol. The molecule has 0 bridgehead atoms. The van der Waals surface area contributed by atoms with Crippen molar-refractivity contribution < 1.29 is 0 Å². The Labute approximate surface area is 82.0 Å². The predicted octanol–water partition coefficient (Wildman–Crippen LogP) is 0.342. The van der Waals surface area contributed by atoms with E-state index in [4.69, 9.17) is 5.73 Å². The van der Waals surface area contributed by atoms with Gasteiger partial charge in [0.15, 0.2) is 0 Å². The summed E-state index contributed by atoms with van der Waals surface area (Å²) in [6, 6.07) is 0. The Balaban J connectivity index is 2.26. The van der Waals surface area contributed by atoms with Crippen LogP contribution < -0.4 is 16.3 Å². The number of piperidine rings is 1. The molecule has 1 aromatic rings. The van der Waals surface area contributed by atoms with Crippen molar-refractivity contribution in [2.75, 3.05) is 23.7 Å². The van der Waals surface area contributed by atoms with Gasteiger partial charge < -0.3 is 10.6 Å². The number of anilines is 2. The minimum atomic E-state index is -0.386. The highest BCUT2D eigenvalue weighted by atomic mass is 16.1. The number of nitrogens with one attached hydrogen (secondary N) is 1. The molecule has 0 spiro atoms. The van der Waals surface area contributed by atoms with Gasteiger partial charge in [-0.2, -0.15) is 4.98 Å². The van der Waals surface area contributed by atoms with Crippen molar-refractivity contribution in [3.8, 4) is 0 Å². The van der Waals surface area contributed by atoms with E-state index in [1.165, 1.54) is 19.3 Å². The number of nitrogen functional groups attached to an aromatic ring is 1. The predicted molar refractivity (Wildman–Crippen MR) is 55.3 cm³/mol. The molecular weight excluding hydrogens is 180 g/mol. The van der Waals surface area contributed by atoms with Crippen molar-refractivity contribution in [3.63, 3.8) is 0 Å². The second kappa shape index (κ2) is 3.69. The minimum Gasteiger partial charge on any atom is -0.383 e. The van der Waals surface area contributed by atoms with Crippen LogP contribution in [0.3, 0.4) is 0 Å². The molecule has 1 aliphatic rings. The number of H-pyrrole nitrogens is 1. The fraction of sp³-hybridized carbons (Fsp3) is 0.556.